The van der Waals surface area contributed by atoms with Gasteiger partial charge in [-0.15, -0.1) is 0 Å². The molecule has 1 heterocycles. The van der Waals surface area contributed by atoms with Crippen LogP contribution in [0, 0.1) is 0 Å². The van der Waals surface area contributed by atoms with E-state index < -0.39 is 49.5 Å². The summed E-state index contributed by atoms with van der Waals surface area (Å²) in [5.41, 5.74) is 0. The molecule has 0 aromatic heterocycles. The summed E-state index contributed by atoms with van der Waals surface area (Å²) in [5.74, 6) is -0.215. The van der Waals surface area contributed by atoms with E-state index in [1.54, 1.807) is 6.08 Å². The van der Waals surface area contributed by atoms with Crippen LogP contribution >= 0.6 is 0 Å². The van der Waals surface area contributed by atoms with Crippen LogP contribution in [0.2, 0.25) is 0 Å². The van der Waals surface area contributed by atoms with Crippen LogP contribution in [0.25, 0.3) is 0 Å². The highest BCUT2D eigenvalue weighted by Crippen LogP contribution is 2.23. The zero-order valence-corrected chi connectivity index (χ0v) is 47.3. The first-order valence-corrected chi connectivity index (χ1v) is 30.6. The fraction of sp³-hybridized carbons (Fsp3) is 0.810. The largest absolute Gasteiger partial charge is 0.466 e. The van der Waals surface area contributed by atoms with Crippen molar-refractivity contribution in [2.24, 2.45) is 0 Å². The van der Waals surface area contributed by atoms with Crippen LogP contribution in [0.1, 0.15) is 264 Å². The Bertz CT molecular complexity index is 1410. The molecule has 0 aromatic rings. The Hall–Kier alpha value is -2.64. The molecule has 1 amide bonds. The summed E-state index contributed by atoms with van der Waals surface area (Å²) in [7, 11) is 0. The number of aliphatic hydroxyl groups is 5. The number of carbonyl (C=O) groups is 2. The molecule has 1 aliphatic rings. The number of ether oxygens (including phenoxy) is 3. The lowest BCUT2D eigenvalue weighted by Crippen LogP contribution is -2.60. The van der Waals surface area contributed by atoms with Gasteiger partial charge in [0.05, 0.1) is 32.0 Å². The van der Waals surface area contributed by atoms with E-state index in [0.717, 1.165) is 103 Å². The molecule has 11 heteroatoms. The molecule has 1 aliphatic heterocycles. The molecule has 74 heavy (non-hydrogen) atoms. The summed E-state index contributed by atoms with van der Waals surface area (Å²) in [6.07, 6.45) is 57.5. The first kappa shape index (κ1) is 69.4. The minimum Gasteiger partial charge on any atom is -0.466 e. The number of hydrogen-bond donors (Lipinski definition) is 6. The molecular weight excluding hydrogens is 931 g/mol. The van der Waals surface area contributed by atoms with E-state index in [-0.39, 0.29) is 18.5 Å². The monoisotopic (exact) mass is 1040 g/mol. The average molecular weight is 1040 g/mol. The van der Waals surface area contributed by atoms with Crippen LogP contribution in [0.3, 0.4) is 0 Å². The lowest BCUT2D eigenvalue weighted by atomic mass is 9.99. The second-order valence-electron chi connectivity index (χ2n) is 21.0. The second-order valence-corrected chi connectivity index (χ2v) is 21.0. The maximum absolute atomic E-state index is 13.0. The van der Waals surface area contributed by atoms with Crippen LogP contribution in [-0.2, 0) is 23.8 Å². The van der Waals surface area contributed by atoms with E-state index in [9.17, 15) is 35.1 Å². The number of amides is 1. The van der Waals surface area contributed by atoms with E-state index in [1.807, 2.05) is 6.08 Å². The van der Waals surface area contributed by atoms with Gasteiger partial charge in [0.15, 0.2) is 6.29 Å². The molecule has 0 radical (unpaired) electrons. The van der Waals surface area contributed by atoms with Gasteiger partial charge in [-0.05, 0) is 83.5 Å². The molecular formula is C63H113NO10. The van der Waals surface area contributed by atoms with Crippen LogP contribution < -0.4 is 5.32 Å². The van der Waals surface area contributed by atoms with Gasteiger partial charge in [0.25, 0.3) is 0 Å². The summed E-state index contributed by atoms with van der Waals surface area (Å²) in [6, 6.07) is -0.843. The van der Waals surface area contributed by atoms with Crippen molar-refractivity contribution < 1.29 is 49.3 Å². The quantitative estimate of drug-likeness (QED) is 0.0195. The van der Waals surface area contributed by atoms with Crippen molar-refractivity contribution in [3.63, 3.8) is 0 Å². The molecule has 1 fully saturated rings. The molecule has 0 aliphatic carbocycles. The van der Waals surface area contributed by atoms with Gasteiger partial charge in [0.1, 0.15) is 24.4 Å². The maximum Gasteiger partial charge on any atom is 0.305 e. The molecule has 1 saturated heterocycles. The molecule has 1 rings (SSSR count). The van der Waals surface area contributed by atoms with Crippen LogP contribution in [-0.4, -0.2) is 100 Å². The summed E-state index contributed by atoms with van der Waals surface area (Å²) in [4.78, 5) is 25.0. The highest BCUT2D eigenvalue weighted by molar-refractivity contribution is 5.76. The van der Waals surface area contributed by atoms with Crippen molar-refractivity contribution in [1.82, 2.24) is 5.32 Å². The highest BCUT2D eigenvalue weighted by Gasteiger charge is 2.44. The van der Waals surface area contributed by atoms with Gasteiger partial charge in [0.2, 0.25) is 5.91 Å². The zero-order valence-electron chi connectivity index (χ0n) is 47.3. The Morgan fingerprint density at radius 1 is 0.500 bits per heavy atom. The Kier molecular flexibility index (Phi) is 49.1. The topological polar surface area (TPSA) is 175 Å². The van der Waals surface area contributed by atoms with Gasteiger partial charge in [-0.1, -0.05) is 229 Å². The van der Waals surface area contributed by atoms with E-state index in [1.165, 1.54) is 135 Å². The Labute approximate surface area is 452 Å². The molecule has 430 valence electrons. The van der Waals surface area contributed by atoms with Crippen LogP contribution in [0.5, 0.6) is 0 Å². The Balaban J connectivity index is 2.09. The lowest BCUT2D eigenvalue weighted by Gasteiger charge is -2.40. The van der Waals surface area contributed by atoms with Crippen molar-refractivity contribution in [2.75, 3.05) is 19.8 Å². The van der Waals surface area contributed by atoms with E-state index >= 15 is 0 Å². The average Bonchev–Trinajstić information content (AvgIpc) is 3.40. The third-order valence-electron chi connectivity index (χ3n) is 14.1. The Morgan fingerprint density at radius 2 is 0.932 bits per heavy atom. The predicted octanol–water partition coefficient (Wildman–Crippen LogP) is 14.2. The summed E-state index contributed by atoms with van der Waals surface area (Å²) in [6.45, 7) is 4.25. The number of rotatable bonds is 52. The van der Waals surface area contributed by atoms with Crippen molar-refractivity contribution >= 4 is 11.9 Å². The molecule has 7 unspecified atom stereocenters. The molecule has 7 atom stereocenters. The predicted molar refractivity (Wildman–Crippen MR) is 306 cm³/mol. The summed E-state index contributed by atoms with van der Waals surface area (Å²) < 4.78 is 16.7. The number of hydrogen-bond acceptors (Lipinski definition) is 10. The Morgan fingerprint density at radius 3 is 1.46 bits per heavy atom. The number of nitrogens with one attached hydrogen (secondary N) is 1. The van der Waals surface area contributed by atoms with Gasteiger partial charge in [-0.2, -0.15) is 0 Å². The first-order chi connectivity index (χ1) is 36.2. The van der Waals surface area contributed by atoms with Gasteiger partial charge >= 0.3 is 5.97 Å². The molecule has 6 N–H and O–H groups in total. The molecule has 0 saturated carbocycles. The van der Waals surface area contributed by atoms with Crippen LogP contribution in [0.15, 0.2) is 60.8 Å². The van der Waals surface area contributed by atoms with Gasteiger partial charge < -0.3 is 45.1 Å². The minimum absolute atomic E-state index is 0.00650. The summed E-state index contributed by atoms with van der Waals surface area (Å²) >= 11 is 0. The third-order valence-corrected chi connectivity index (χ3v) is 14.1. The molecule has 0 aromatic carbocycles. The minimum atomic E-state index is -1.58. The molecule has 0 bridgehead atoms. The fourth-order valence-corrected chi connectivity index (χ4v) is 9.19. The number of carbonyl (C=O) groups excluding carboxylic acids is 2. The summed E-state index contributed by atoms with van der Waals surface area (Å²) in [5, 5.41) is 54.3. The SMILES string of the molecule is CCCC/C=C/CC/C=C/CC/C=C/C(O)C(COC1OC(CO)C(O)C(O)C1O)NC(=O)CCCCCCCCC/C=C\C/C=C\CCCCCCCCCCCOC(=O)CCCCCCCCCCCCC. The van der Waals surface area contributed by atoms with Gasteiger partial charge in [-0.25, -0.2) is 0 Å². The number of unbranched alkanes of at least 4 members (excludes halogenated alkanes) is 30. The van der Waals surface area contributed by atoms with Crippen molar-refractivity contribution in [2.45, 2.75) is 307 Å². The standard InChI is InChI=1S/C63H113NO10/c1-3-5-7-9-11-13-15-30-33-37-41-45-49-56(66)55(54-73-63-62(71)61(70)60(69)57(53-65)74-63)64-58(67)50-46-42-38-34-31-27-25-23-21-19-17-16-18-20-22-24-26-28-32-36-40-44-48-52-72-59(68)51-47-43-39-35-29-14-12-10-8-6-4-2/h9,11,16,18-19,21,30,33,45,49,55-57,60-63,65-66,69-71H,3-8,10,12-15,17,20,22-29,31-32,34-44,46-48,50-54H2,1-2H3,(H,64,67)/b11-9+,18-16-,21-19-,33-30+,49-45+. The van der Waals surface area contributed by atoms with Crippen LogP contribution in [0.4, 0.5) is 0 Å². The molecule has 11 nitrogen and oxygen atoms in total. The van der Waals surface area contributed by atoms with E-state index in [0.29, 0.717) is 19.4 Å². The van der Waals surface area contributed by atoms with Gasteiger partial charge in [0, 0.05) is 12.8 Å². The first-order valence-electron chi connectivity index (χ1n) is 30.6. The van der Waals surface area contributed by atoms with Crippen molar-refractivity contribution in [1.29, 1.82) is 0 Å². The normalized spacial score (nSPS) is 19.3. The third kappa shape index (κ3) is 41.5. The zero-order chi connectivity index (χ0) is 53.8. The van der Waals surface area contributed by atoms with E-state index in [4.69, 9.17) is 14.2 Å². The lowest BCUT2D eigenvalue weighted by molar-refractivity contribution is -0.302. The fourth-order valence-electron chi connectivity index (χ4n) is 9.19. The van der Waals surface area contributed by atoms with E-state index in [2.05, 4.69) is 67.8 Å². The maximum atomic E-state index is 13.0. The number of esters is 1. The number of aliphatic hydroxyl groups excluding tert-OH is 5. The second kappa shape index (κ2) is 52.4. The smallest absolute Gasteiger partial charge is 0.305 e. The highest BCUT2D eigenvalue weighted by atomic mass is 16.7. The van der Waals surface area contributed by atoms with Crippen molar-refractivity contribution in [3.05, 3.63) is 60.8 Å². The van der Waals surface area contributed by atoms with Gasteiger partial charge in [-0.3, -0.25) is 9.59 Å². The molecule has 0 spiro atoms. The van der Waals surface area contributed by atoms with Crippen molar-refractivity contribution in [3.8, 4) is 0 Å². The number of allylic oxidation sites excluding steroid dienone is 9.